The Hall–Kier alpha value is 0.625. The van der Waals surface area contributed by atoms with E-state index >= 15 is 0 Å². The minimum absolute atomic E-state index is 0.424. The number of hydrogen-bond acceptors (Lipinski definition) is 1. The van der Waals surface area contributed by atoms with Gasteiger partial charge in [-0.05, 0) is 0 Å². The van der Waals surface area contributed by atoms with Gasteiger partial charge < -0.3 is 0 Å². The van der Waals surface area contributed by atoms with Crippen molar-refractivity contribution < 1.29 is 26.4 Å². The van der Waals surface area contributed by atoms with Gasteiger partial charge in [0.2, 0.25) is 0 Å². The molecule has 0 aliphatic carbocycles. The molecule has 0 amide bonds. The summed E-state index contributed by atoms with van der Waals surface area (Å²) in [5.41, 5.74) is 4.96. The van der Waals surface area contributed by atoms with Crippen molar-refractivity contribution in [1.82, 2.24) is 3.08 Å². The first-order valence-electron chi connectivity index (χ1n) is 1.10. The Morgan fingerprint density at radius 1 is 2.00 bits per heavy atom. The van der Waals surface area contributed by atoms with Crippen LogP contribution in [0.1, 0.15) is 0 Å². The van der Waals surface area contributed by atoms with Crippen LogP contribution in [0.25, 0.3) is 0 Å². The fourth-order valence-corrected chi connectivity index (χ4v) is 0. The van der Waals surface area contributed by atoms with E-state index in [9.17, 15) is 0 Å². The Morgan fingerprint density at radius 2 is 2.20 bits per heavy atom. The van der Waals surface area contributed by atoms with Crippen LogP contribution < -0.4 is 8.81 Å². The second-order valence-corrected chi connectivity index (χ2v) is 2.36. The molecule has 0 aromatic rings. The Morgan fingerprint density at radius 3 is 2.20 bits per heavy atom. The van der Waals surface area contributed by atoms with Crippen molar-refractivity contribution >= 4 is 17.3 Å². The molecule has 0 radical (unpaired) electrons. The van der Waals surface area contributed by atoms with E-state index in [1.165, 1.54) is 0 Å². The number of rotatable bonds is 0. The van der Waals surface area contributed by atoms with Gasteiger partial charge >= 0.3 is 52.6 Å². The Labute approximate surface area is 52.5 Å². The fraction of sp³-hybridized carbons (Fsp3) is 0. The van der Waals surface area contributed by atoms with Crippen LogP contribution in [0.3, 0.4) is 0 Å². The van der Waals surface area contributed by atoms with Crippen LogP contribution in [0.5, 0.6) is 0 Å². The molecule has 0 atom stereocenters. The van der Waals surface area contributed by atoms with E-state index in [0.717, 1.165) is 0 Å². The zero-order chi connectivity index (χ0) is 4.28. The quantitative estimate of drug-likeness (QED) is 0.453. The Balaban J connectivity index is 2.85. The van der Waals surface area contributed by atoms with Gasteiger partial charge in [-0.1, -0.05) is 0 Å². The van der Waals surface area contributed by atoms with Crippen molar-refractivity contribution in [2.24, 2.45) is 5.73 Å². The fourth-order valence-electron chi connectivity index (χ4n) is 0. The van der Waals surface area contributed by atoms with Crippen LogP contribution >= 0.6 is 12.2 Å². The molecule has 0 heterocycles. The molecule has 0 spiro atoms. The van der Waals surface area contributed by atoms with Crippen molar-refractivity contribution in [3.63, 3.8) is 0 Å². The number of hydrogen-bond donors (Lipinski definition) is 2. The predicted octanol–water partition coefficient (Wildman–Crippen LogP) is -0.719. The van der Waals surface area contributed by atoms with Gasteiger partial charge in [-0.25, -0.2) is 0 Å². The SMILES string of the molecule is NC(=S)[NH][Hg]. The van der Waals surface area contributed by atoms with E-state index in [4.69, 9.17) is 5.73 Å². The summed E-state index contributed by atoms with van der Waals surface area (Å²) in [6.07, 6.45) is 0. The second kappa shape index (κ2) is 2.84. The maximum atomic E-state index is 4.96. The van der Waals surface area contributed by atoms with Crippen molar-refractivity contribution in [3.05, 3.63) is 0 Å². The molecule has 0 aliphatic rings. The van der Waals surface area contributed by atoms with Crippen molar-refractivity contribution in [2.75, 3.05) is 0 Å². The standard InChI is InChI=1S/CH4N2S.Hg/c2-1(3)4;/h(H4,2,3,4);/q;+1/p-1. The molecular weight excluding hydrogens is 273 g/mol. The van der Waals surface area contributed by atoms with Gasteiger partial charge in [0.05, 0.1) is 0 Å². The third-order valence-corrected chi connectivity index (χ3v) is 2.80. The van der Waals surface area contributed by atoms with E-state index in [2.05, 4.69) is 15.3 Å². The van der Waals surface area contributed by atoms with Crippen LogP contribution in [0.2, 0.25) is 0 Å². The van der Waals surface area contributed by atoms with Gasteiger partial charge in [-0.2, -0.15) is 0 Å². The van der Waals surface area contributed by atoms with E-state index in [-0.39, 0.29) is 0 Å². The molecule has 0 aromatic carbocycles. The summed E-state index contributed by atoms with van der Waals surface area (Å²) < 4.78 is 2.73. The predicted molar refractivity (Wildman–Crippen MR) is 19.9 cm³/mol. The number of nitrogens with two attached hydrogens (primary N) is 1. The first kappa shape index (κ1) is 5.63. The normalized spacial score (nSPS) is 6.80. The average Bonchev–Trinajstić information content (AvgIpc) is 1.38. The summed E-state index contributed by atoms with van der Waals surface area (Å²) in [4.78, 5) is 0. The van der Waals surface area contributed by atoms with E-state index in [1.54, 1.807) is 0 Å². The van der Waals surface area contributed by atoms with Crippen LogP contribution in [-0.2, 0) is 26.4 Å². The Kier molecular flexibility index (Phi) is 3.20. The monoisotopic (exact) mass is 277 g/mol. The van der Waals surface area contributed by atoms with Gasteiger partial charge in [0, 0.05) is 0 Å². The number of nitrogens with one attached hydrogen (secondary N) is 1. The van der Waals surface area contributed by atoms with Crippen LogP contribution in [0.15, 0.2) is 0 Å². The molecule has 25 valence electrons. The van der Waals surface area contributed by atoms with Gasteiger partial charge in [0.15, 0.2) is 0 Å². The Bertz CT molecular complexity index is 44.9. The molecule has 0 aliphatic heterocycles. The molecule has 4 heteroatoms. The van der Waals surface area contributed by atoms with Crippen molar-refractivity contribution in [2.45, 2.75) is 0 Å². The molecule has 3 N–H and O–H groups in total. The van der Waals surface area contributed by atoms with Crippen LogP contribution in [0, 0.1) is 0 Å². The summed E-state index contributed by atoms with van der Waals surface area (Å²) in [5.74, 6) is 0. The molecule has 0 bridgehead atoms. The topological polar surface area (TPSA) is 38.0 Å². The van der Waals surface area contributed by atoms with E-state index in [1.807, 2.05) is 0 Å². The summed E-state index contributed by atoms with van der Waals surface area (Å²) in [6, 6.07) is 0. The summed E-state index contributed by atoms with van der Waals surface area (Å²) in [5, 5.41) is 0.424. The van der Waals surface area contributed by atoms with Gasteiger partial charge in [-0.3, -0.25) is 0 Å². The van der Waals surface area contributed by atoms with Gasteiger partial charge in [0.25, 0.3) is 0 Å². The summed E-state index contributed by atoms with van der Waals surface area (Å²) in [7, 11) is 0. The molecule has 2 nitrogen and oxygen atoms in total. The summed E-state index contributed by atoms with van der Waals surface area (Å²) >= 11 is 4.94. The molecular formula is CH3HgN2S. The first-order valence-corrected chi connectivity index (χ1v) is 4.25. The zero-order valence-corrected chi connectivity index (χ0v) is 9.01. The molecule has 0 aromatic heterocycles. The minimum atomic E-state index is 0.424. The molecule has 0 saturated heterocycles. The van der Waals surface area contributed by atoms with E-state index in [0.29, 0.717) is 31.5 Å². The first-order chi connectivity index (χ1) is 2.27. The zero-order valence-electron chi connectivity index (χ0n) is 2.69. The van der Waals surface area contributed by atoms with Crippen molar-refractivity contribution in [3.8, 4) is 0 Å². The van der Waals surface area contributed by atoms with E-state index < -0.39 is 0 Å². The third kappa shape index (κ3) is 4.63. The maximum absolute atomic E-state index is 4.96. The average molecular weight is 276 g/mol. The van der Waals surface area contributed by atoms with Crippen LogP contribution in [0.4, 0.5) is 0 Å². The van der Waals surface area contributed by atoms with Gasteiger partial charge in [-0.15, -0.1) is 0 Å². The molecule has 0 rings (SSSR count). The van der Waals surface area contributed by atoms with Crippen LogP contribution in [-0.4, -0.2) is 5.11 Å². The molecule has 0 saturated carbocycles. The molecule has 0 fully saturated rings. The summed E-state index contributed by atoms with van der Waals surface area (Å²) in [6.45, 7) is 0. The molecule has 5 heavy (non-hydrogen) atoms. The van der Waals surface area contributed by atoms with Gasteiger partial charge in [0.1, 0.15) is 0 Å². The second-order valence-electron chi connectivity index (χ2n) is 0.541. The molecule has 0 unspecified atom stereocenters. The third-order valence-electron chi connectivity index (χ3n) is 0.174. The van der Waals surface area contributed by atoms with Crippen molar-refractivity contribution in [1.29, 1.82) is 0 Å². The number of thiocarbonyl (C=S) groups is 1.